The molecule has 0 amide bonds. The minimum absolute atomic E-state index is 0.0657. The van der Waals surface area contributed by atoms with Crippen molar-refractivity contribution in [1.29, 1.82) is 0 Å². The Kier molecular flexibility index (Phi) is 4.46. The number of hydrogen-bond acceptors (Lipinski definition) is 4. The highest BCUT2D eigenvalue weighted by Crippen LogP contribution is 2.30. The summed E-state index contributed by atoms with van der Waals surface area (Å²) in [6, 6.07) is 4.70. The minimum Gasteiger partial charge on any atom is -0.399 e. The molecule has 0 aliphatic heterocycles. The van der Waals surface area contributed by atoms with Crippen molar-refractivity contribution in [3.63, 3.8) is 0 Å². The van der Waals surface area contributed by atoms with Gasteiger partial charge in [-0.05, 0) is 24.1 Å². The van der Waals surface area contributed by atoms with E-state index in [9.17, 15) is 8.42 Å². The van der Waals surface area contributed by atoms with Crippen LogP contribution in [0.4, 0.5) is 5.69 Å². The van der Waals surface area contributed by atoms with Crippen molar-refractivity contribution in [3.8, 4) is 0 Å². The van der Waals surface area contributed by atoms with Gasteiger partial charge in [-0.3, -0.25) is 0 Å². The highest BCUT2D eigenvalue weighted by atomic mass is 32.2. The van der Waals surface area contributed by atoms with Crippen LogP contribution in [0.25, 0.3) is 0 Å². The molecule has 1 unspecified atom stereocenters. The summed E-state index contributed by atoms with van der Waals surface area (Å²) in [5.74, 6) is 0.499. The van der Waals surface area contributed by atoms with Crippen molar-refractivity contribution in [2.24, 2.45) is 11.1 Å². The molecule has 0 fully saturated rings. The lowest BCUT2D eigenvalue weighted by molar-refractivity contribution is 0.597. The van der Waals surface area contributed by atoms with E-state index in [1.165, 1.54) is 6.07 Å². The van der Waals surface area contributed by atoms with Crippen molar-refractivity contribution in [2.45, 2.75) is 35.8 Å². The van der Waals surface area contributed by atoms with Gasteiger partial charge in [0, 0.05) is 15.8 Å². The molecule has 0 radical (unpaired) electrons. The van der Waals surface area contributed by atoms with Gasteiger partial charge in [-0.2, -0.15) is 0 Å². The second-order valence-electron chi connectivity index (χ2n) is 4.35. The summed E-state index contributed by atoms with van der Waals surface area (Å²) in [5, 5.41) is 5.47. The predicted octanol–water partition coefficient (Wildman–Crippen LogP) is 2.05. The van der Waals surface area contributed by atoms with Crippen LogP contribution in [0.5, 0.6) is 0 Å². The summed E-state index contributed by atoms with van der Waals surface area (Å²) < 4.78 is 22.5. The monoisotopic (exact) mass is 274 g/mol. The molecular weight excluding hydrogens is 256 g/mol. The Bertz CT molecular complexity index is 498. The van der Waals surface area contributed by atoms with Crippen LogP contribution < -0.4 is 10.9 Å². The number of thioether (sulfide) groups is 1. The first-order chi connectivity index (χ1) is 7.70. The zero-order valence-corrected chi connectivity index (χ0v) is 11.8. The fraction of sp³-hybridized carbons (Fsp3) is 0.455. The molecule has 0 spiro atoms. The molecule has 1 rings (SSSR count). The van der Waals surface area contributed by atoms with E-state index < -0.39 is 10.0 Å². The van der Waals surface area contributed by atoms with Gasteiger partial charge in [-0.25, -0.2) is 13.6 Å². The Morgan fingerprint density at radius 1 is 1.18 bits per heavy atom. The SMILES string of the molecule is CC(C)C(C)Sc1cc(N)cc(S(N)(=O)=O)c1. The molecule has 0 aliphatic carbocycles. The molecule has 96 valence electrons. The molecule has 4 N–H and O–H groups in total. The number of hydrogen-bond donors (Lipinski definition) is 2. The average Bonchev–Trinajstić information content (AvgIpc) is 2.15. The Labute approximate surface area is 107 Å². The van der Waals surface area contributed by atoms with Crippen LogP contribution in [0.1, 0.15) is 20.8 Å². The number of anilines is 1. The molecule has 0 bridgehead atoms. The molecule has 0 saturated carbocycles. The highest BCUT2D eigenvalue weighted by molar-refractivity contribution is 8.00. The van der Waals surface area contributed by atoms with E-state index in [0.29, 0.717) is 16.9 Å². The molecule has 4 nitrogen and oxygen atoms in total. The second kappa shape index (κ2) is 5.29. The van der Waals surface area contributed by atoms with Gasteiger partial charge in [-0.1, -0.05) is 20.8 Å². The van der Waals surface area contributed by atoms with E-state index in [1.807, 2.05) is 0 Å². The van der Waals surface area contributed by atoms with E-state index in [2.05, 4.69) is 20.8 Å². The van der Waals surface area contributed by atoms with Gasteiger partial charge < -0.3 is 5.73 Å². The maximum Gasteiger partial charge on any atom is 0.238 e. The van der Waals surface area contributed by atoms with Gasteiger partial charge >= 0.3 is 0 Å². The summed E-state index contributed by atoms with van der Waals surface area (Å²) >= 11 is 1.60. The normalized spacial score (nSPS) is 13.9. The Morgan fingerprint density at radius 3 is 2.24 bits per heavy atom. The zero-order chi connectivity index (χ0) is 13.2. The summed E-state index contributed by atoms with van der Waals surface area (Å²) in [4.78, 5) is 0.895. The molecule has 0 heterocycles. The lowest BCUT2D eigenvalue weighted by Gasteiger charge is -2.15. The van der Waals surface area contributed by atoms with Crippen LogP contribution in [0, 0.1) is 5.92 Å². The van der Waals surface area contributed by atoms with Crippen LogP contribution >= 0.6 is 11.8 Å². The van der Waals surface area contributed by atoms with Crippen molar-refractivity contribution >= 4 is 27.5 Å². The van der Waals surface area contributed by atoms with E-state index >= 15 is 0 Å². The number of sulfonamides is 1. The number of primary sulfonamides is 1. The molecular formula is C11H18N2O2S2. The molecule has 17 heavy (non-hydrogen) atoms. The van der Waals surface area contributed by atoms with Gasteiger partial charge in [0.25, 0.3) is 0 Å². The van der Waals surface area contributed by atoms with Crippen molar-refractivity contribution in [2.75, 3.05) is 5.73 Å². The fourth-order valence-electron chi connectivity index (χ4n) is 1.18. The van der Waals surface area contributed by atoms with Crippen LogP contribution in [-0.4, -0.2) is 13.7 Å². The lowest BCUT2D eigenvalue weighted by Crippen LogP contribution is -2.13. The molecule has 1 atom stereocenters. The fourth-order valence-corrected chi connectivity index (χ4v) is 2.94. The van der Waals surface area contributed by atoms with Gasteiger partial charge in [0.05, 0.1) is 4.90 Å². The molecule has 0 aliphatic rings. The van der Waals surface area contributed by atoms with Gasteiger partial charge in [0.15, 0.2) is 0 Å². The van der Waals surface area contributed by atoms with Gasteiger partial charge in [-0.15, -0.1) is 11.8 Å². The first kappa shape index (κ1) is 14.3. The topological polar surface area (TPSA) is 86.2 Å². The molecule has 0 saturated heterocycles. The number of rotatable bonds is 4. The summed E-state index contributed by atoms with van der Waals surface area (Å²) in [6.07, 6.45) is 0. The highest BCUT2D eigenvalue weighted by Gasteiger charge is 2.13. The molecule has 6 heteroatoms. The van der Waals surface area contributed by atoms with Crippen molar-refractivity contribution < 1.29 is 8.42 Å². The number of benzene rings is 1. The minimum atomic E-state index is -3.70. The first-order valence-electron chi connectivity index (χ1n) is 5.30. The maximum absolute atomic E-state index is 11.3. The maximum atomic E-state index is 11.3. The van der Waals surface area contributed by atoms with Crippen LogP contribution in [0.3, 0.4) is 0 Å². The van der Waals surface area contributed by atoms with E-state index in [1.54, 1.807) is 23.9 Å². The smallest absolute Gasteiger partial charge is 0.238 e. The molecule has 1 aromatic rings. The predicted molar refractivity (Wildman–Crippen MR) is 72.4 cm³/mol. The van der Waals surface area contributed by atoms with E-state index in [4.69, 9.17) is 10.9 Å². The number of nitrogen functional groups attached to an aromatic ring is 1. The number of nitrogens with two attached hydrogens (primary N) is 2. The average molecular weight is 274 g/mol. The van der Waals surface area contributed by atoms with Crippen LogP contribution in [0.2, 0.25) is 0 Å². The first-order valence-corrected chi connectivity index (χ1v) is 7.73. The van der Waals surface area contributed by atoms with E-state index in [-0.39, 0.29) is 4.90 Å². The van der Waals surface area contributed by atoms with Crippen LogP contribution in [-0.2, 0) is 10.0 Å². The second-order valence-corrected chi connectivity index (χ2v) is 7.36. The summed E-state index contributed by atoms with van der Waals surface area (Å²) in [6.45, 7) is 6.32. The zero-order valence-electron chi connectivity index (χ0n) is 10.2. The molecule has 1 aromatic carbocycles. The Hall–Kier alpha value is -0.720. The van der Waals surface area contributed by atoms with Crippen molar-refractivity contribution in [3.05, 3.63) is 18.2 Å². The summed E-state index contributed by atoms with van der Waals surface area (Å²) in [5.41, 5.74) is 6.09. The van der Waals surface area contributed by atoms with E-state index in [0.717, 1.165) is 4.90 Å². The molecule has 0 aromatic heterocycles. The van der Waals surface area contributed by atoms with Crippen LogP contribution in [0.15, 0.2) is 28.0 Å². The lowest BCUT2D eigenvalue weighted by atomic mass is 10.2. The third kappa shape index (κ3) is 4.22. The summed E-state index contributed by atoms with van der Waals surface area (Å²) in [7, 11) is -3.70. The van der Waals surface area contributed by atoms with Crippen molar-refractivity contribution in [1.82, 2.24) is 0 Å². The largest absolute Gasteiger partial charge is 0.399 e. The quantitative estimate of drug-likeness (QED) is 0.650. The Morgan fingerprint density at radius 2 is 1.76 bits per heavy atom. The van der Waals surface area contributed by atoms with Gasteiger partial charge in [0.2, 0.25) is 10.0 Å². The Balaban J connectivity index is 3.07. The third-order valence-corrected chi connectivity index (χ3v) is 4.81. The third-order valence-electron chi connectivity index (χ3n) is 2.49. The van der Waals surface area contributed by atoms with Gasteiger partial charge in [0.1, 0.15) is 0 Å². The standard InChI is InChI=1S/C11H18N2O2S2/c1-7(2)8(3)16-10-4-9(12)5-11(6-10)17(13,14)15/h4-8H,12H2,1-3H3,(H2,13,14,15).